The Labute approximate surface area is 173 Å². The second-order valence-electron chi connectivity index (χ2n) is 7.36. The van der Waals surface area contributed by atoms with Crippen molar-refractivity contribution >= 4 is 15.7 Å². The topological polar surface area (TPSA) is 63.7 Å². The van der Waals surface area contributed by atoms with Gasteiger partial charge in [-0.15, -0.1) is 0 Å². The highest BCUT2D eigenvalue weighted by atomic mass is 32.2. The molecule has 2 aromatic carbocycles. The molecule has 162 valence electrons. The normalized spacial score (nSPS) is 18.5. The number of ether oxygens (including phenoxy) is 1. The second-order valence-corrected chi connectivity index (χ2v) is 9.67. The third kappa shape index (κ3) is 4.61. The third-order valence-corrected chi connectivity index (χ3v) is 7.69. The lowest BCUT2D eigenvalue weighted by Crippen LogP contribution is -2.30. The predicted octanol–water partition coefficient (Wildman–Crippen LogP) is 3.92. The molecule has 2 aromatic rings. The van der Waals surface area contributed by atoms with Gasteiger partial charge < -0.3 is 9.64 Å². The molecule has 0 aromatic heterocycles. The van der Waals surface area contributed by atoms with E-state index in [2.05, 4.69) is 0 Å². The molecule has 1 heterocycles. The van der Waals surface area contributed by atoms with Gasteiger partial charge in [0, 0.05) is 25.4 Å². The van der Waals surface area contributed by atoms with Crippen molar-refractivity contribution in [3.05, 3.63) is 59.7 Å². The number of nitrogens with zero attached hydrogens (tertiary/aromatic N) is 1. The van der Waals surface area contributed by atoms with Crippen LogP contribution in [0.3, 0.4) is 0 Å². The zero-order valence-corrected chi connectivity index (χ0v) is 17.3. The minimum Gasteiger partial charge on any atom is -0.497 e. The molecule has 3 rings (SSSR count). The molecule has 0 radical (unpaired) electrons. The lowest BCUT2D eigenvalue weighted by atomic mass is 10.1. The van der Waals surface area contributed by atoms with Crippen LogP contribution in [0.1, 0.15) is 24.5 Å². The largest absolute Gasteiger partial charge is 0.497 e. The Morgan fingerprint density at radius 3 is 2.43 bits per heavy atom. The van der Waals surface area contributed by atoms with E-state index in [0.29, 0.717) is 18.4 Å². The maximum absolute atomic E-state index is 13.0. The monoisotopic (exact) mass is 441 g/mol. The quantitative estimate of drug-likeness (QED) is 0.682. The predicted molar refractivity (Wildman–Crippen MR) is 105 cm³/mol. The molecule has 1 fully saturated rings. The fourth-order valence-electron chi connectivity index (χ4n) is 3.54. The summed E-state index contributed by atoms with van der Waals surface area (Å²) in [6.45, 7) is 2.00. The molecule has 0 aliphatic carbocycles. The van der Waals surface area contributed by atoms with Crippen molar-refractivity contribution in [2.75, 3.05) is 13.7 Å². The van der Waals surface area contributed by atoms with Gasteiger partial charge in [-0.3, -0.25) is 4.79 Å². The van der Waals surface area contributed by atoms with Gasteiger partial charge in [-0.1, -0.05) is 18.2 Å². The fourth-order valence-corrected chi connectivity index (χ4v) is 5.22. The van der Waals surface area contributed by atoms with Gasteiger partial charge in [0.25, 0.3) is 0 Å². The van der Waals surface area contributed by atoms with E-state index in [1.165, 1.54) is 6.92 Å². The lowest BCUT2D eigenvalue weighted by Gasteiger charge is -2.21. The summed E-state index contributed by atoms with van der Waals surface area (Å²) in [5.41, 5.74) is -0.141. The molecule has 0 spiro atoms. The summed E-state index contributed by atoms with van der Waals surface area (Å²) < 4.78 is 69.8. The van der Waals surface area contributed by atoms with Gasteiger partial charge >= 0.3 is 6.18 Å². The average molecular weight is 441 g/mol. The van der Waals surface area contributed by atoms with E-state index < -0.39 is 32.7 Å². The first kappa shape index (κ1) is 22.1. The molecule has 2 unspecified atom stereocenters. The Balaban J connectivity index is 1.75. The number of carbonyl (C=O) groups excluding carboxylic acids is 1. The van der Waals surface area contributed by atoms with Crippen molar-refractivity contribution < 1.29 is 31.1 Å². The number of halogens is 3. The number of amides is 1. The Kier molecular flexibility index (Phi) is 6.12. The third-order valence-electron chi connectivity index (χ3n) is 5.42. The number of sulfone groups is 1. The van der Waals surface area contributed by atoms with Crippen LogP contribution in [0, 0.1) is 5.92 Å². The van der Waals surface area contributed by atoms with Crippen LogP contribution in [-0.4, -0.2) is 38.1 Å². The molecular weight excluding hydrogens is 419 g/mol. The van der Waals surface area contributed by atoms with Gasteiger partial charge in [-0.25, -0.2) is 8.42 Å². The van der Waals surface area contributed by atoms with Crippen LogP contribution < -0.4 is 4.74 Å². The molecular formula is C21H22F3NO4S. The summed E-state index contributed by atoms with van der Waals surface area (Å²) in [7, 11) is -2.48. The number of carbonyl (C=O) groups is 1. The summed E-state index contributed by atoms with van der Waals surface area (Å²) in [5, 5.41) is -0.995. The Morgan fingerprint density at radius 1 is 1.17 bits per heavy atom. The second kappa shape index (κ2) is 8.29. The number of likely N-dealkylation sites (tertiary alicyclic amines) is 1. The van der Waals surface area contributed by atoms with Crippen molar-refractivity contribution in [3.8, 4) is 5.75 Å². The highest BCUT2D eigenvalue weighted by Gasteiger charge is 2.40. The summed E-state index contributed by atoms with van der Waals surface area (Å²) in [4.78, 5) is 13.6. The van der Waals surface area contributed by atoms with Crippen molar-refractivity contribution in [1.82, 2.24) is 4.90 Å². The number of hydrogen-bond acceptors (Lipinski definition) is 4. The van der Waals surface area contributed by atoms with Crippen LogP contribution in [0.4, 0.5) is 13.2 Å². The van der Waals surface area contributed by atoms with Gasteiger partial charge in [0.15, 0.2) is 9.84 Å². The van der Waals surface area contributed by atoms with E-state index in [1.54, 1.807) is 24.1 Å². The minimum absolute atomic E-state index is 0.0372. The van der Waals surface area contributed by atoms with Gasteiger partial charge in [-0.05, 0) is 42.8 Å². The van der Waals surface area contributed by atoms with Crippen LogP contribution >= 0.6 is 0 Å². The maximum Gasteiger partial charge on any atom is 0.416 e. The fraction of sp³-hybridized carbons (Fsp3) is 0.381. The molecule has 5 nitrogen and oxygen atoms in total. The van der Waals surface area contributed by atoms with Crippen molar-refractivity contribution in [1.29, 1.82) is 0 Å². The van der Waals surface area contributed by atoms with Crippen LogP contribution in [-0.2, 0) is 27.4 Å². The van der Waals surface area contributed by atoms with Crippen LogP contribution in [0.5, 0.6) is 5.75 Å². The van der Waals surface area contributed by atoms with Gasteiger partial charge in [-0.2, -0.15) is 13.2 Å². The van der Waals surface area contributed by atoms with E-state index in [9.17, 15) is 26.4 Å². The first-order chi connectivity index (χ1) is 14.0. The Hall–Kier alpha value is -2.55. The van der Waals surface area contributed by atoms with E-state index in [1.807, 2.05) is 12.1 Å². The minimum atomic E-state index is -4.63. The highest BCUT2D eigenvalue weighted by molar-refractivity contribution is 7.92. The average Bonchev–Trinajstić information content (AvgIpc) is 3.07. The van der Waals surface area contributed by atoms with E-state index in [-0.39, 0.29) is 23.8 Å². The first-order valence-corrected chi connectivity index (χ1v) is 10.9. The molecule has 1 aliphatic heterocycles. The van der Waals surface area contributed by atoms with E-state index >= 15 is 0 Å². The van der Waals surface area contributed by atoms with Crippen molar-refractivity contribution in [3.63, 3.8) is 0 Å². The summed E-state index contributed by atoms with van der Waals surface area (Å²) >= 11 is 0. The zero-order chi connectivity index (χ0) is 22.1. The number of methoxy groups -OCH3 is 1. The molecule has 0 N–H and O–H groups in total. The molecule has 1 saturated heterocycles. The Bertz CT molecular complexity index is 1020. The lowest BCUT2D eigenvalue weighted by molar-refractivity contribution is -0.137. The van der Waals surface area contributed by atoms with Gasteiger partial charge in [0.1, 0.15) is 5.75 Å². The smallest absolute Gasteiger partial charge is 0.416 e. The van der Waals surface area contributed by atoms with Crippen molar-refractivity contribution in [2.45, 2.75) is 36.2 Å². The first-order valence-electron chi connectivity index (χ1n) is 9.34. The van der Waals surface area contributed by atoms with E-state index in [0.717, 1.165) is 23.8 Å². The van der Waals surface area contributed by atoms with Crippen LogP contribution in [0.2, 0.25) is 0 Å². The highest BCUT2D eigenvalue weighted by Crippen LogP contribution is 2.34. The molecule has 1 aliphatic rings. The Morgan fingerprint density at radius 2 is 1.83 bits per heavy atom. The molecule has 30 heavy (non-hydrogen) atoms. The van der Waals surface area contributed by atoms with Crippen LogP contribution in [0.15, 0.2) is 53.4 Å². The number of hydrogen-bond donors (Lipinski definition) is 0. The molecule has 1 amide bonds. The summed E-state index contributed by atoms with van der Waals surface area (Å²) in [6.07, 6.45) is -4.59. The number of benzene rings is 2. The SMILES string of the molecule is COc1ccc(CN2CC(C(C)S(=O)(=O)c3cccc(C(F)(F)F)c3)CC2=O)cc1. The van der Waals surface area contributed by atoms with Gasteiger partial charge in [0.05, 0.1) is 22.8 Å². The summed E-state index contributed by atoms with van der Waals surface area (Å²) in [6, 6.07) is 10.9. The van der Waals surface area contributed by atoms with Gasteiger partial charge in [0.2, 0.25) is 5.91 Å². The zero-order valence-electron chi connectivity index (χ0n) is 16.5. The molecule has 0 saturated carbocycles. The molecule has 0 bridgehead atoms. The van der Waals surface area contributed by atoms with Crippen molar-refractivity contribution in [2.24, 2.45) is 5.92 Å². The maximum atomic E-state index is 13.0. The summed E-state index contributed by atoms with van der Waals surface area (Å²) in [5.74, 6) is 0.00220. The number of rotatable bonds is 6. The standard InChI is InChI=1S/C21H22F3NO4S/c1-14(30(27,28)19-5-3-4-17(11-19)21(22,23)24)16-10-20(26)25(13-16)12-15-6-8-18(29-2)9-7-15/h3-9,11,14,16H,10,12-13H2,1-2H3. The van der Waals surface area contributed by atoms with Crippen LogP contribution in [0.25, 0.3) is 0 Å². The molecule has 2 atom stereocenters. The molecule has 9 heteroatoms. The number of alkyl halides is 3. The van der Waals surface area contributed by atoms with E-state index in [4.69, 9.17) is 4.74 Å².